The number of aliphatic hydroxyl groups is 1. The van der Waals surface area contributed by atoms with Gasteiger partial charge in [-0.3, -0.25) is 9.59 Å². The van der Waals surface area contributed by atoms with E-state index in [0.29, 0.717) is 12.5 Å². The van der Waals surface area contributed by atoms with Crippen LogP contribution in [0.5, 0.6) is 0 Å². The van der Waals surface area contributed by atoms with Crippen molar-refractivity contribution in [3.63, 3.8) is 0 Å². The molecule has 1 aromatic rings. The van der Waals surface area contributed by atoms with Crippen molar-refractivity contribution in [1.29, 1.82) is 0 Å². The van der Waals surface area contributed by atoms with Crippen LogP contribution in [0.25, 0.3) is 6.08 Å². The number of benzene rings is 1. The molecule has 124 valence electrons. The molecule has 2 atom stereocenters. The highest BCUT2D eigenvalue weighted by Crippen LogP contribution is 2.23. The van der Waals surface area contributed by atoms with E-state index < -0.39 is 0 Å². The van der Waals surface area contributed by atoms with Crippen LogP contribution in [0.3, 0.4) is 0 Å². The Morgan fingerprint density at radius 2 is 2.00 bits per heavy atom. The second-order valence-corrected chi connectivity index (χ2v) is 6.07. The Balaban J connectivity index is 1.77. The molecule has 2 unspecified atom stereocenters. The molecule has 0 aliphatic heterocycles. The second-order valence-electron chi connectivity index (χ2n) is 6.07. The van der Waals surface area contributed by atoms with E-state index in [4.69, 9.17) is 0 Å². The minimum Gasteiger partial charge on any atom is -0.393 e. The largest absolute Gasteiger partial charge is 0.393 e. The molecule has 1 aromatic carbocycles. The van der Waals surface area contributed by atoms with Gasteiger partial charge in [-0.15, -0.1) is 0 Å². The zero-order valence-electron chi connectivity index (χ0n) is 13.4. The van der Waals surface area contributed by atoms with Crippen LogP contribution >= 0.6 is 0 Å². The summed E-state index contributed by atoms with van der Waals surface area (Å²) in [4.78, 5) is 22.8. The molecule has 0 aromatic heterocycles. The minimum absolute atomic E-state index is 0.111. The van der Waals surface area contributed by atoms with Gasteiger partial charge in [0, 0.05) is 25.2 Å². The highest BCUT2D eigenvalue weighted by atomic mass is 16.3. The van der Waals surface area contributed by atoms with Crippen LogP contribution in [0.15, 0.2) is 30.3 Å². The summed E-state index contributed by atoms with van der Waals surface area (Å²) in [5.41, 5.74) is 1.62. The third-order valence-electron chi connectivity index (χ3n) is 3.98. The number of hydrogen-bond donors (Lipinski definition) is 3. The first-order chi connectivity index (χ1) is 11.0. The van der Waals surface area contributed by atoms with E-state index in [-0.39, 0.29) is 17.9 Å². The third-order valence-corrected chi connectivity index (χ3v) is 3.98. The van der Waals surface area contributed by atoms with E-state index in [1.54, 1.807) is 18.2 Å². The normalized spacial score (nSPS) is 21.1. The Kier molecular flexibility index (Phi) is 6.35. The lowest BCUT2D eigenvalue weighted by Crippen LogP contribution is -2.32. The zero-order chi connectivity index (χ0) is 16.7. The van der Waals surface area contributed by atoms with Crippen molar-refractivity contribution in [2.45, 2.75) is 38.7 Å². The van der Waals surface area contributed by atoms with E-state index in [1.807, 2.05) is 12.1 Å². The van der Waals surface area contributed by atoms with Crippen LogP contribution in [0.2, 0.25) is 0 Å². The molecule has 0 bridgehead atoms. The summed E-state index contributed by atoms with van der Waals surface area (Å²) >= 11 is 0. The molecular weight excluding hydrogens is 292 g/mol. The highest BCUT2D eigenvalue weighted by molar-refractivity contribution is 5.92. The molecule has 0 spiro atoms. The number of carbonyl (C=O) groups excluding carboxylic acids is 2. The van der Waals surface area contributed by atoms with Gasteiger partial charge in [0.2, 0.25) is 11.8 Å². The van der Waals surface area contributed by atoms with Crippen LogP contribution in [0, 0.1) is 5.92 Å². The maximum absolute atomic E-state index is 11.8. The summed E-state index contributed by atoms with van der Waals surface area (Å²) < 4.78 is 0. The van der Waals surface area contributed by atoms with Gasteiger partial charge in [0.15, 0.2) is 0 Å². The Morgan fingerprint density at radius 1 is 1.26 bits per heavy atom. The van der Waals surface area contributed by atoms with Crippen molar-refractivity contribution >= 4 is 23.6 Å². The van der Waals surface area contributed by atoms with Gasteiger partial charge in [0.25, 0.3) is 0 Å². The molecule has 0 radical (unpaired) electrons. The topological polar surface area (TPSA) is 78.4 Å². The molecule has 1 aliphatic carbocycles. The van der Waals surface area contributed by atoms with Gasteiger partial charge >= 0.3 is 0 Å². The summed E-state index contributed by atoms with van der Waals surface area (Å²) in [7, 11) is 0. The van der Waals surface area contributed by atoms with E-state index in [0.717, 1.165) is 36.9 Å². The van der Waals surface area contributed by atoms with Crippen molar-refractivity contribution in [3.8, 4) is 0 Å². The molecule has 1 fully saturated rings. The van der Waals surface area contributed by atoms with Crippen molar-refractivity contribution in [3.05, 3.63) is 35.9 Å². The van der Waals surface area contributed by atoms with E-state index in [9.17, 15) is 14.7 Å². The molecule has 0 saturated heterocycles. The van der Waals surface area contributed by atoms with Crippen molar-refractivity contribution in [2.75, 3.05) is 11.9 Å². The first-order valence-corrected chi connectivity index (χ1v) is 8.04. The fourth-order valence-corrected chi connectivity index (χ4v) is 2.80. The maximum atomic E-state index is 11.8. The van der Waals surface area contributed by atoms with Crippen LogP contribution in [0.1, 0.15) is 38.2 Å². The monoisotopic (exact) mass is 316 g/mol. The lowest BCUT2D eigenvalue weighted by atomic mass is 9.87. The molecule has 0 heterocycles. The number of rotatable bonds is 5. The van der Waals surface area contributed by atoms with Crippen LogP contribution in [-0.2, 0) is 9.59 Å². The van der Waals surface area contributed by atoms with Gasteiger partial charge in [0.05, 0.1) is 6.10 Å². The predicted molar refractivity (Wildman–Crippen MR) is 90.8 cm³/mol. The number of hydrogen-bond acceptors (Lipinski definition) is 3. The van der Waals surface area contributed by atoms with Crippen LogP contribution in [0.4, 0.5) is 5.69 Å². The Morgan fingerprint density at radius 3 is 2.65 bits per heavy atom. The van der Waals surface area contributed by atoms with E-state index >= 15 is 0 Å². The fourth-order valence-electron chi connectivity index (χ4n) is 2.80. The second kappa shape index (κ2) is 8.48. The zero-order valence-corrected chi connectivity index (χ0v) is 13.4. The highest BCUT2D eigenvalue weighted by Gasteiger charge is 2.20. The van der Waals surface area contributed by atoms with Gasteiger partial charge in [-0.2, -0.15) is 0 Å². The number of amides is 2. The Bertz CT molecular complexity index is 566. The summed E-state index contributed by atoms with van der Waals surface area (Å²) in [5, 5.41) is 15.2. The molecule has 5 nitrogen and oxygen atoms in total. The van der Waals surface area contributed by atoms with Gasteiger partial charge in [0.1, 0.15) is 0 Å². The predicted octanol–water partition coefficient (Wildman–Crippen LogP) is 2.33. The smallest absolute Gasteiger partial charge is 0.244 e. The Hall–Kier alpha value is -2.14. The number of carbonyl (C=O) groups is 2. The molecule has 2 amide bonds. The number of nitrogens with one attached hydrogen (secondary N) is 2. The first-order valence-electron chi connectivity index (χ1n) is 8.04. The molecule has 1 saturated carbocycles. The SMILES string of the molecule is CC(=O)Nc1ccc(C=CC(=O)NCC2CCCC(O)C2)cc1. The summed E-state index contributed by atoms with van der Waals surface area (Å²) in [6.07, 6.45) is 6.76. The molecule has 1 aliphatic rings. The molecular formula is C18H24N2O3. The maximum Gasteiger partial charge on any atom is 0.244 e. The van der Waals surface area contributed by atoms with E-state index in [2.05, 4.69) is 10.6 Å². The van der Waals surface area contributed by atoms with Gasteiger partial charge < -0.3 is 15.7 Å². The molecule has 3 N–H and O–H groups in total. The summed E-state index contributed by atoms with van der Waals surface area (Å²) in [6.45, 7) is 2.07. The number of aliphatic hydroxyl groups excluding tert-OH is 1. The standard InChI is InChI=1S/C18H24N2O3/c1-13(21)20-16-8-5-14(6-9-16)7-10-18(23)19-12-15-3-2-4-17(22)11-15/h5-10,15,17,22H,2-4,11-12H2,1H3,(H,19,23)(H,20,21). The van der Waals surface area contributed by atoms with Gasteiger partial charge in [-0.05, 0) is 49.0 Å². The van der Waals surface area contributed by atoms with Gasteiger partial charge in [-0.1, -0.05) is 18.6 Å². The fraction of sp³-hybridized carbons (Fsp3) is 0.444. The average Bonchev–Trinajstić information content (AvgIpc) is 2.52. The molecule has 5 heteroatoms. The molecule has 2 rings (SSSR count). The summed E-state index contributed by atoms with van der Waals surface area (Å²) in [6, 6.07) is 7.27. The van der Waals surface area contributed by atoms with Crippen molar-refractivity contribution in [1.82, 2.24) is 5.32 Å². The average molecular weight is 316 g/mol. The van der Waals surface area contributed by atoms with Crippen molar-refractivity contribution in [2.24, 2.45) is 5.92 Å². The Labute approximate surface area is 136 Å². The third kappa shape index (κ3) is 6.24. The minimum atomic E-state index is -0.219. The number of anilines is 1. The van der Waals surface area contributed by atoms with E-state index in [1.165, 1.54) is 13.0 Å². The van der Waals surface area contributed by atoms with Crippen LogP contribution < -0.4 is 10.6 Å². The lowest BCUT2D eigenvalue weighted by molar-refractivity contribution is -0.117. The molecule has 23 heavy (non-hydrogen) atoms. The first kappa shape index (κ1) is 17.2. The van der Waals surface area contributed by atoms with Crippen LogP contribution in [-0.4, -0.2) is 29.6 Å². The quantitative estimate of drug-likeness (QED) is 0.730. The van der Waals surface area contributed by atoms with Gasteiger partial charge in [-0.25, -0.2) is 0 Å². The summed E-state index contributed by atoms with van der Waals surface area (Å²) in [5.74, 6) is 0.129. The lowest BCUT2D eigenvalue weighted by Gasteiger charge is -2.25. The van der Waals surface area contributed by atoms with Crippen molar-refractivity contribution < 1.29 is 14.7 Å².